The number of thioether (sulfide) groups is 1. The van der Waals surface area contributed by atoms with E-state index >= 15 is 0 Å². The van der Waals surface area contributed by atoms with Gasteiger partial charge in [-0.15, -0.1) is 0 Å². The van der Waals surface area contributed by atoms with Gasteiger partial charge in [-0.25, -0.2) is 0 Å². The molecule has 0 atom stereocenters. The first-order valence-electron chi connectivity index (χ1n) is 11.7. The molecule has 0 bridgehead atoms. The highest BCUT2D eigenvalue weighted by atomic mass is 32.2. The van der Waals surface area contributed by atoms with Crippen LogP contribution in [0.25, 0.3) is 6.08 Å². The molecule has 0 saturated carbocycles. The SMILES string of the molecule is COc1cc(/C=C2/SC(=O)N(CC(=O)Nc3ccc(C)cc3)C2=O)ccc1Oc1ccc(C(F)(F)F)cc1[N+](=O)[O-]. The predicted octanol–water partition coefficient (Wildman–Crippen LogP) is 6.40. The molecule has 1 heterocycles. The quantitative estimate of drug-likeness (QED) is 0.182. The second kappa shape index (κ2) is 11.7. The highest BCUT2D eigenvalue weighted by molar-refractivity contribution is 8.18. The minimum absolute atomic E-state index is 0.0345. The first kappa shape index (κ1) is 29.1. The molecule has 3 amide bonds. The Bertz CT molecular complexity index is 1570. The van der Waals surface area contributed by atoms with Gasteiger partial charge >= 0.3 is 11.9 Å². The third-order valence-electron chi connectivity index (χ3n) is 5.70. The number of carbonyl (C=O) groups excluding carboxylic acids is 3. The summed E-state index contributed by atoms with van der Waals surface area (Å²) in [5.74, 6) is -1.69. The van der Waals surface area contributed by atoms with Gasteiger partial charge in [0.2, 0.25) is 11.7 Å². The van der Waals surface area contributed by atoms with Crippen LogP contribution < -0.4 is 14.8 Å². The van der Waals surface area contributed by atoms with Crippen LogP contribution in [0.3, 0.4) is 0 Å². The van der Waals surface area contributed by atoms with Crippen LogP contribution in [-0.2, 0) is 15.8 Å². The Kier molecular flexibility index (Phi) is 8.33. The number of halogens is 3. The highest BCUT2D eigenvalue weighted by Gasteiger charge is 2.36. The summed E-state index contributed by atoms with van der Waals surface area (Å²) in [6.45, 7) is 1.40. The van der Waals surface area contributed by atoms with E-state index in [9.17, 15) is 37.7 Å². The van der Waals surface area contributed by atoms with Crippen molar-refractivity contribution in [3.8, 4) is 17.2 Å². The van der Waals surface area contributed by atoms with E-state index in [4.69, 9.17) is 9.47 Å². The molecule has 0 radical (unpaired) electrons. The molecule has 41 heavy (non-hydrogen) atoms. The van der Waals surface area contributed by atoms with Gasteiger partial charge in [-0.2, -0.15) is 13.2 Å². The lowest BCUT2D eigenvalue weighted by Gasteiger charge is -2.13. The van der Waals surface area contributed by atoms with Crippen molar-refractivity contribution in [3.63, 3.8) is 0 Å². The minimum atomic E-state index is -4.78. The second-order valence-electron chi connectivity index (χ2n) is 8.63. The number of nitrogens with zero attached hydrogens (tertiary/aromatic N) is 2. The fraction of sp³-hybridized carbons (Fsp3) is 0.148. The van der Waals surface area contributed by atoms with Crippen molar-refractivity contribution in [2.75, 3.05) is 19.0 Å². The van der Waals surface area contributed by atoms with E-state index < -0.39 is 51.7 Å². The van der Waals surface area contributed by atoms with Gasteiger partial charge in [0.1, 0.15) is 6.54 Å². The third kappa shape index (κ3) is 6.84. The van der Waals surface area contributed by atoms with Gasteiger partial charge in [-0.3, -0.25) is 29.4 Å². The smallest absolute Gasteiger partial charge is 0.416 e. The van der Waals surface area contributed by atoms with Gasteiger partial charge in [0.15, 0.2) is 11.5 Å². The zero-order valence-corrected chi connectivity index (χ0v) is 22.2. The first-order chi connectivity index (χ1) is 19.3. The number of nitro groups is 1. The number of ether oxygens (including phenoxy) is 2. The van der Waals surface area contributed by atoms with Crippen molar-refractivity contribution in [1.82, 2.24) is 4.90 Å². The number of anilines is 1. The fourth-order valence-electron chi connectivity index (χ4n) is 3.67. The van der Waals surface area contributed by atoms with E-state index in [2.05, 4.69) is 5.32 Å². The Hall–Kier alpha value is -4.85. The lowest BCUT2D eigenvalue weighted by atomic mass is 10.1. The van der Waals surface area contributed by atoms with Crippen LogP contribution in [0.4, 0.5) is 29.3 Å². The molecular weight excluding hydrogens is 567 g/mol. The number of alkyl halides is 3. The van der Waals surface area contributed by atoms with Crippen LogP contribution in [0.5, 0.6) is 17.2 Å². The summed E-state index contributed by atoms with van der Waals surface area (Å²) in [7, 11) is 1.27. The van der Waals surface area contributed by atoms with Crippen LogP contribution >= 0.6 is 11.8 Å². The first-order valence-corrected chi connectivity index (χ1v) is 12.5. The van der Waals surface area contributed by atoms with Crippen LogP contribution in [-0.4, -0.2) is 40.5 Å². The third-order valence-corrected chi connectivity index (χ3v) is 6.61. The molecule has 4 rings (SSSR count). The van der Waals surface area contributed by atoms with E-state index in [0.29, 0.717) is 35.1 Å². The van der Waals surface area contributed by atoms with Gasteiger partial charge < -0.3 is 14.8 Å². The number of hydrogen-bond donors (Lipinski definition) is 1. The van der Waals surface area contributed by atoms with Gasteiger partial charge in [0, 0.05) is 11.8 Å². The number of amides is 3. The number of rotatable bonds is 8. The summed E-state index contributed by atoms with van der Waals surface area (Å²) in [6.07, 6.45) is -3.40. The van der Waals surface area contributed by atoms with Crippen LogP contribution in [0.2, 0.25) is 0 Å². The molecule has 0 unspecified atom stereocenters. The number of imide groups is 1. The Balaban J connectivity index is 1.51. The average molecular weight is 588 g/mol. The molecule has 0 aliphatic carbocycles. The van der Waals surface area contributed by atoms with Gasteiger partial charge in [0.25, 0.3) is 11.1 Å². The molecule has 0 spiro atoms. The van der Waals surface area contributed by atoms with Crippen molar-refractivity contribution < 1.29 is 42.0 Å². The Morgan fingerprint density at radius 2 is 1.73 bits per heavy atom. The molecule has 3 aromatic carbocycles. The number of aryl methyl sites for hydroxylation is 1. The Morgan fingerprint density at radius 1 is 1.05 bits per heavy atom. The molecule has 10 nitrogen and oxygen atoms in total. The number of carbonyl (C=O) groups is 3. The summed E-state index contributed by atoms with van der Waals surface area (Å²) < 4.78 is 49.8. The standard InChI is InChI=1S/C27H20F3N3O7S/c1-15-3-7-18(8-4-15)31-24(34)14-32-25(35)23(41-26(32)36)12-16-5-9-21(22(11-16)39-2)40-20-10-6-17(27(28,29)30)13-19(20)33(37)38/h3-13H,14H2,1-2H3,(H,31,34)/b23-12+. The van der Waals surface area contributed by atoms with E-state index in [1.165, 1.54) is 31.4 Å². The summed E-state index contributed by atoms with van der Waals surface area (Å²) >= 11 is 0.635. The molecule has 3 aromatic rings. The van der Waals surface area contributed by atoms with Crippen LogP contribution in [0.1, 0.15) is 16.7 Å². The number of nitrogens with one attached hydrogen (secondary N) is 1. The zero-order chi connectivity index (χ0) is 29.9. The molecule has 1 aliphatic heterocycles. The monoisotopic (exact) mass is 587 g/mol. The summed E-state index contributed by atoms with van der Waals surface area (Å²) in [5, 5.41) is 13.4. The number of methoxy groups -OCH3 is 1. The molecular formula is C27H20F3N3O7S. The molecule has 1 aliphatic rings. The maximum atomic E-state index is 13.0. The average Bonchev–Trinajstić information content (AvgIpc) is 3.17. The summed E-state index contributed by atoms with van der Waals surface area (Å²) in [5.41, 5.74) is -0.215. The lowest BCUT2D eigenvalue weighted by Crippen LogP contribution is -2.36. The Morgan fingerprint density at radius 3 is 2.37 bits per heavy atom. The van der Waals surface area contributed by atoms with Crippen molar-refractivity contribution >= 4 is 46.3 Å². The van der Waals surface area contributed by atoms with Gasteiger partial charge in [-0.1, -0.05) is 23.8 Å². The summed E-state index contributed by atoms with van der Waals surface area (Å²) in [6, 6.07) is 13.0. The number of hydrogen-bond acceptors (Lipinski definition) is 8. The van der Waals surface area contributed by atoms with E-state index in [1.807, 2.05) is 6.92 Å². The van der Waals surface area contributed by atoms with Crippen molar-refractivity contribution in [3.05, 3.63) is 92.4 Å². The molecule has 1 saturated heterocycles. The largest absolute Gasteiger partial charge is 0.493 e. The van der Waals surface area contributed by atoms with Crippen molar-refractivity contribution in [2.24, 2.45) is 0 Å². The van der Waals surface area contributed by atoms with Crippen molar-refractivity contribution in [1.29, 1.82) is 0 Å². The fourth-order valence-corrected chi connectivity index (χ4v) is 4.51. The molecule has 14 heteroatoms. The van der Waals surface area contributed by atoms with Crippen LogP contribution in [0.15, 0.2) is 65.6 Å². The van der Waals surface area contributed by atoms with Gasteiger partial charge in [-0.05, 0) is 66.7 Å². The second-order valence-corrected chi connectivity index (χ2v) is 9.62. The molecule has 212 valence electrons. The molecule has 0 aromatic heterocycles. The Labute approximate surface area is 234 Å². The van der Waals surface area contributed by atoms with Crippen LogP contribution in [0, 0.1) is 17.0 Å². The topological polar surface area (TPSA) is 128 Å². The molecule has 1 N–H and O–H groups in total. The van der Waals surface area contributed by atoms with Crippen molar-refractivity contribution in [2.45, 2.75) is 13.1 Å². The minimum Gasteiger partial charge on any atom is -0.493 e. The zero-order valence-electron chi connectivity index (χ0n) is 21.4. The normalized spacial score (nSPS) is 14.4. The summed E-state index contributed by atoms with van der Waals surface area (Å²) in [4.78, 5) is 48.9. The maximum absolute atomic E-state index is 13.0. The highest BCUT2D eigenvalue weighted by Crippen LogP contribution is 2.41. The number of nitro benzene ring substituents is 1. The van der Waals surface area contributed by atoms with E-state index in [1.54, 1.807) is 24.3 Å². The maximum Gasteiger partial charge on any atom is 0.416 e. The van der Waals surface area contributed by atoms with E-state index in [0.717, 1.165) is 16.5 Å². The lowest BCUT2D eigenvalue weighted by molar-refractivity contribution is -0.385. The van der Waals surface area contributed by atoms with E-state index in [-0.39, 0.29) is 16.4 Å². The number of benzene rings is 3. The predicted molar refractivity (Wildman–Crippen MR) is 144 cm³/mol. The molecule has 1 fully saturated rings. The van der Waals surface area contributed by atoms with Gasteiger partial charge in [0.05, 0.1) is 22.5 Å².